The maximum atomic E-state index is 12.6. The molecule has 4 aromatic rings. The zero-order chi connectivity index (χ0) is 16.7. The van der Waals surface area contributed by atoms with Gasteiger partial charge in [0.2, 0.25) is 0 Å². The molecular weight excluding hydrogens is 322 g/mol. The highest BCUT2D eigenvalue weighted by Crippen LogP contribution is 2.31. The van der Waals surface area contributed by atoms with Gasteiger partial charge in [-0.2, -0.15) is 0 Å². The molecule has 4 heteroatoms. The van der Waals surface area contributed by atoms with Crippen LogP contribution in [0.5, 0.6) is 0 Å². The van der Waals surface area contributed by atoms with Crippen LogP contribution < -0.4 is 0 Å². The molecule has 0 aliphatic carbocycles. The lowest BCUT2D eigenvalue weighted by Crippen LogP contribution is -2.12. The van der Waals surface area contributed by atoms with Crippen LogP contribution in [0.4, 0.5) is 0 Å². The Morgan fingerprint density at radius 1 is 0.833 bits per heavy atom. The maximum Gasteiger partial charge on any atom is 0.294 e. The molecule has 0 N–H and O–H groups in total. The molecule has 3 nitrogen and oxygen atoms in total. The number of nitrogens with zero attached hydrogens (tertiary/aromatic N) is 1. The van der Waals surface area contributed by atoms with Gasteiger partial charge in [0.25, 0.3) is 11.0 Å². The molecule has 4 rings (SSSR count). The number of benzene rings is 2. The van der Waals surface area contributed by atoms with Crippen molar-refractivity contribution in [3.05, 3.63) is 78.5 Å². The van der Waals surface area contributed by atoms with Gasteiger partial charge in [0.15, 0.2) is 0 Å². The number of para-hydroxylation sites is 1. The molecule has 0 amide bonds. The molecule has 0 unspecified atom stereocenters. The topological polar surface area (TPSA) is 38.5 Å². The summed E-state index contributed by atoms with van der Waals surface area (Å²) in [7, 11) is 0. The van der Waals surface area contributed by atoms with E-state index in [9.17, 15) is 9.59 Å². The van der Waals surface area contributed by atoms with E-state index in [0.29, 0.717) is 11.3 Å². The van der Waals surface area contributed by atoms with Gasteiger partial charge in [0, 0.05) is 11.1 Å². The van der Waals surface area contributed by atoms with E-state index in [1.54, 1.807) is 4.40 Å². The normalized spacial score (nSPS) is 11.0. The van der Waals surface area contributed by atoms with Gasteiger partial charge in [-0.05, 0) is 40.7 Å². The van der Waals surface area contributed by atoms with Crippen LogP contribution in [-0.2, 0) is 4.79 Å². The fourth-order valence-corrected chi connectivity index (χ4v) is 3.16. The second kappa shape index (κ2) is 5.62. The number of carbonyl (C=O) groups is 2. The van der Waals surface area contributed by atoms with Gasteiger partial charge in [-0.1, -0.05) is 54.6 Å². The second-order valence-corrected chi connectivity index (χ2v) is 5.87. The lowest BCUT2D eigenvalue weighted by atomic mass is 10.0. The minimum atomic E-state index is -0.986. The van der Waals surface area contributed by atoms with E-state index in [2.05, 4.69) is 0 Å². The molecule has 0 aliphatic heterocycles. The Bertz CT molecular complexity index is 1100. The molecule has 0 spiro atoms. The predicted octanol–water partition coefficient (Wildman–Crippen LogP) is 4.71. The SMILES string of the molecule is O=C(Cl)C(=O)c1c(-c2ccccc2)cc2ccc3ccccc3n12. The summed E-state index contributed by atoms with van der Waals surface area (Å²) in [5.41, 5.74) is 3.57. The fourth-order valence-electron chi connectivity index (χ4n) is 3.07. The highest BCUT2D eigenvalue weighted by atomic mass is 35.5. The molecule has 0 radical (unpaired) electrons. The number of halogens is 1. The monoisotopic (exact) mass is 333 g/mol. The van der Waals surface area contributed by atoms with E-state index >= 15 is 0 Å². The van der Waals surface area contributed by atoms with Crippen molar-refractivity contribution in [3.8, 4) is 11.1 Å². The number of pyridine rings is 1. The van der Waals surface area contributed by atoms with Crippen molar-refractivity contribution in [1.82, 2.24) is 4.40 Å². The van der Waals surface area contributed by atoms with Crippen molar-refractivity contribution in [2.45, 2.75) is 0 Å². The number of fused-ring (bicyclic) bond motifs is 3. The first-order valence-electron chi connectivity index (χ1n) is 7.49. The van der Waals surface area contributed by atoms with Crippen molar-refractivity contribution in [2.75, 3.05) is 0 Å². The van der Waals surface area contributed by atoms with Gasteiger partial charge < -0.3 is 4.40 Å². The van der Waals surface area contributed by atoms with E-state index in [4.69, 9.17) is 11.6 Å². The first kappa shape index (κ1) is 14.7. The second-order valence-electron chi connectivity index (χ2n) is 5.53. The summed E-state index contributed by atoms with van der Waals surface area (Å²) in [5.74, 6) is -0.702. The molecule has 2 heterocycles. The van der Waals surface area contributed by atoms with Gasteiger partial charge in [-0.3, -0.25) is 9.59 Å². The number of hydrogen-bond acceptors (Lipinski definition) is 2. The summed E-state index contributed by atoms with van der Waals surface area (Å²) in [6.07, 6.45) is 0. The van der Waals surface area contributed by atoms with Crippen molar-refractivity contribution in [2.24, 2.45) is 0 Å². The molecule has 2 aromatic carbocycles. The average molecular weight is 334 g/mol. The standard InChI is InChI=1S/C20H12ClNO2/c21-20(24)19(23)18-16(13-6-2-1-3-7-13)12-15-11-10-14-8-4-5-9-17(14)22(15)18/h1-12H. The van der Waals surface area contributed by atoms with Gasteiger partial charge in [-0.15, -0.1) is 0 Å². The lowest BCUT2D eigenvalue weighted by Gasteiger charge is -2.07. The number of rotatable bonds is 3. The molecule has 0 fully saturated rings. The van der Waals surface area contributed by atoms with Crippen LogP contribution in [0, 0.1) is 0 Å². The minimum Gasteiger partial charge on any atom is -0.306 e. The highest BCUT2D eigenvalue weighted by molar-refractivity contribution is 6.83. The van der Waals surface area contributed by atoms with E-state index < -0.39 is 11.0 Å². The number of carbonyl (C=O) groups excluding carboxylic acids is 2. The zero-order valence-electron chi connectivity index (χ0n) is 12.6. The van der Waals surface area contributed by atoms with E-state index in [-0.39, 0.29) is 0 Å². The molecule has 0 atom stereocenters. The van der Waals surface area contributed by atoms with Crippen LogP contribution in [0.25, 0.3) is 27.5 Å². The summed E-state index contributed by atoms with van der Waals surface area (Å²) in [6, 6.07) is 23.1. The predicted molar refractivity (Wildman–Crippen MR) is 95.5 cm³/mol. The third-order valence-electron chi connectivity index (χ3n) is 4.12. The van der Waals surface area contributed by atoms with Gasteiger partial charge in [-0.25, -0.2) is 0 Å². The molecule has 0 saturated carbocycles. The highest BCUT2D eigenvalue weighted by Gasteiger charge is 2.24. The molecule has 0 bridgehead atoms. The Hall–Kier alpha value is -2.91. The molecular formula is C20H12ClNO2. The van der Waals surface area contributed by atoms with Crippen molar-refractivity contribution >= 4 is 39.0 Å². The maximum absolute atomic E-state index is 12.6. The van der Waals surface area contributed by atoms with Gasteiger partial charge in [0.05, 0.1) is 5.52 Å². The van der Waals surface area contributed by atoms with Crippen molar-refractivity contribution in [1.29, 1.82) is 0 Å². The number of ketones is 1. The Kier molecular flexibility index (Phi) is 3.44. The number of hydrogen-bond donors (Lipinski definition) is 0. The summed E-state index contributed by atoms with van der Waals surface area (Å²) < 4.78 is 1.81. The van der Waals surface area contributed by atoms with Crippen LogP contribution >= 0.6 is 11.6 Å². The summed E-state index contributed by atoms with van der Waals surface area (Å²) in [4.78, 5) is 24.2. The molecule has 2 aromatic heterocycles. The van der Waals surface area contributed by atoms with Gasteiger partial charge >= 0.3 is 0 Å². The fraction of sp³-hybridized carbons (Fsp3) is 0. The summed E-state index contributed by atoms with van der Waals surface area (Å²) in [6.45, 7) is 0. The summed E-state index contributed by atoms with van der Waals surface area (Å²) >= 11 is 5.53. The molecule has 0 aliphatic rings. The van der Waals surface area contributed by atoms with Crippen LogP contribution in [0.2, 0.25) is 0 Å². The third-order valence-corrected chi connectivity index (χ3v) is 4.29. The quantitative estimate of drug-likeness (QED) is 0.309. The minimum absolute atomic E-state index is 0.299. The average Bonchev–Trinajstić information content (AvgIpc) is 3.01. The van der Waals surface area contributed by atoms with Crippen LogP contribution in [0.15, 0.2) is 72.8 Å². The lowest BCUT2D eigenvalue weighted by molar-refractivity contribution is -0.108. The summed E-state index contributed by atoms with van der Waals surface area (Å²) in [5, 5.41) is -0.00333. The third kappa shape index (κ3) is 2.22. The number of Topliss-reactive ketones (excluding diaryl/α,β-unsaturated/α-hetero) is 1. The van der Waals surface area contributed by atoms with Crippen molar-refractivity contribution < 1.29 is 9.59 Å². The zero-order valence-corrected chi connectivity index (χ0v) is 13.3. The molecule has 0 saturated heterocycles. The first-order chi connectivity index (χ1) is 11.7. The Labute approximate surface area is 143 Å². The smallest absolute Gasteiger partial charge is 0.294 e. The molecule has 24 heavy (non-hydrogen) atoms. The van der Waals surface area contributed by atoms with E-state index in [1.807, 2.05) is 72.8 Å². The first-order valence-corrected chi connectivity index (χ1v) is 7.87. The Morgan fingerprint density at radius 3 is 2.29 bits per heavy atom. The van der Waals surface area contributed by atoms with E-state index in [1.165, 1.54) is 0 Å². The van der Waals surface area contributed by atoms with Crippen LogP contribution in [0.1, 0.15) is 10.5 Å². The Morgan fingerprint density at radius 2 is 1.54 bits per heavy atom. The van der Waals surface area contributed by atoms with Gasteiger partial charge in [0.1, 0.15) is 5.69 Å². The molecule has 116 valence electrons. The largest absolute Gasteiger partial charge is 0.306 e. The van der Waals surface area contributed by atoms with Crippen molar-refractivity contribution in [3.63, 3.8) is 0 Å². The van der Waals surface area contributed by atoms with Crippen LogP contribution in [-0.4, -0.2) is 15.4 Å². The Balaban J connectivity index is 2.17. The van der Waals surface area contributed by atoms with Crippen LogP contribution in [0.3, 0.4) is 0 Å². The number of aromatic nitrogens is 1. The van der Waals surface area contributed by atoms with E-state index in [0.717, 1.165) is 22.0 Å².